The highest BCUT2D eigenvalue weighted by Gasteiger charge is 2.31. The Morgan fingerprint density at radius 2 is 1.78 bits per heavy atom. The number of hydrogen-bond donors (Lipinski definition) is 0. The van der Waals surface area contributed by atoms with E-state index in [1.54, 1.807) is 18.7 Å². The van der Waals surface area contributed by atoms with Crippen LogP contribution in [0.1, 0.15) is 43.9 Å². The Labute approximate surface area is 250 Å². The van der Waals surface area contributed by atoms with Gasteiger partial charge in [-0.15, -0.1) is 0 Å². The largest absolute Gasteiger partial charge is 0.341 e. The summed E-state index contributed by atoms with van der Waals surface area (Å²) in [6, 6.07) is 9.72. The van der Waals surface area contributed by atoms with Gasteiger partial charge >= 0.3 is 5.69 Å². The molecule has 0 radical (unpaired) electrons. The highest BCUT2D eigenvalue weighted by Crippen LogP contribution is 2.28. The molecule has 5 rings (SSSR count). The van der Waals surface area contributed by atoms with Crippen molar-refractivity contribution in [3.05, 3.63) is 89.9 Å². The zero-order valence-electron chi connectivity index (χ0n) is 22.9. The second-order valence-electron chi connectivity index (χ2n) is 10.9. The van der Waals surface area contributed by atoms with Gasteiger partial charge in [-0.05, 0) is 62.4 Å². The average molecular weight is 646 g/mol. The molecule has 3 aromatic rings. The van der Waals surface area contributed by atoms with Gasteiger partial charge in [-0.2, -0.15) is 0 Å². The van der Waals surface area contributed by atoms with Gasteiger partial charge in [0.05, 0.1) is 17.0 Å². The maximum absolute atomic E-state index is 14.2. The maximum Gasteiger partial charge on any atom is 0.331 e. The van der Waals surface area contributed by atoms with Crippen LogP contribution >= 0.6 is 27.5 Å². The molecule has 2 aliphatic heterocycles. The number of carbonyl (C=O) groups excluding carboxylic acids is 2. The van der Waals surface area contributed by atoms with Crippen molar-refractivity contribution in [1.82, 2.24) is 18.9 Å². The number of nitrogens with zero attached hydrogens (tertiary/aromatic N) is 4. The number of fused-ring (bicyclic) bond motifs is 1. The molecule has 0 saturated carbocycles. The van der Waals surface area contributed by atoms with Crippen LogP contribution < -0.4 is 11.2 Å². The van der Waals surface area contributed by atoms with E-state index in [2.05, 4.69) is 22.0 Å². The van der Waals surface area contributed by atoms with Gasteiger partial charge < -0.3 is 9.80 Å². The molecule has 216 valence electrons. The summed E-state index contributed by atoms with van der Waals surface area (Å²) >= 11 is 9.68. The molecular formula is C30H31BrClFN4O4. The van der Waals surface area contributed by atoms with E-state index >= 15 is 0 Å². The first-order valence-electron chi connectivity index (χ1n) is 13.7. The van der Waals surface area contributed by atoms with Crippen molar-refractivity contribution in [2.45, 2.75) is 58.2 Å². The van der Waals surface area contributed by atoms with Crippen molar-refractivity contribution < 1.29 is 14.0 Å². The molecule has 3 heterocycles. The molecule has 1 saturated heterocycles. The fourth-order valence-electron chi connectivity index (χ4n) is 5.78. The second-order valence-corrected chi connectivity index (χ2v) is 12.2. The highest BCUT2D eigenvalue weighted by atomic mass is 79.9. The lowest BCUT2D eigenvalue weighted by Crippen LogP contribution is -2.50. The van der Waals surface area contributed by atoms with Crippen molar-refractivity contribution in [2.24, 2.45) is 0 Å². The molecular weight excluding hydrogens is 615 g/mol. The molecule has 0 bridgehead atoms. The van der Waals surface area contributed by atoms with Crippen LogP contribution in [0.2, 0.25) is 5.02 Å². The SMILES string of the molecule is CC(C)n1c(=O)c(-c2cccc(F)c2Cl)cn(CC(=O)N2CCC(N3CCc4cc(Br)ccc4CC3=O)CC2)c1=O. The second kappa shape index (κ2) is 11.9. The number of aromatic nitrogens is 2. The van der Waals surface area contributed by atoms with Crippen LogP contribution in [-0.4, -0.2) is 56.4 Å². The molecule has 0 unspecified atom stereocenters. The molecule has 1 fully saturated rings. The summed E-state index contributed by atoms with van der Waals surface area (Å²) < 4.78 is 17.4. The standard InChI is InChI=1S/C30H31BrClFN4O4/c1-18(2)37-29(40)24(23-4-3-5-25(33)28(23)32)16-35(30(37)41)17-27(39)34-11-9-22(10-12-34)36-13-8-20-14-21(31)7-6-19(20)15-26(36)38/h3-7,14,16,18,22H,8-13,15,17H2,1-2H3. The molecule has 2 aromatic carbocycles. The number of halogens is 3. The molecule has 1 aromatic heterocycles. The first-order valence-corrected chi connectivity index (χ1v) is 14.9. The number of piperidine rings is 1. The number of carbonyl (C=O) groups is 2. The Morgan fingerprint density at radius 3 is 2.49 bits per heavy atom. The van der Waals surface area contributed by atoms with E-state index < -0.39 is 23.1 Å². The number of amides is 2. The fraction of sp³-hybridized carbons (Fsp3) is 0.400. The van der Waals surface area contributed by atoms with Crippen molar-refractivity contribution in [2.75, 3.05) is 19.6 Å². The minimum absolute atomic E-state index is 0.0385. The van der Waals surface area contributed by atoms with Gasteiger partial charge in [-0.1, -0.05) is 45.7 Å². The summed E-state index contributed by atoms with van der Waals surface area (Å²) in [7, 11) is 0. The smallest absolute Gasteiger partial charge is 0.331 e. The lowest BCUT2D eigenvalue weighted by molar-refractivity contribution is -0.136. The Balaban J connectivity index is 1.31. The fourth-order valence-corrected chi connectivity index (χ4v) is 6.41. The third kappa shape index (κ3) is 5.90. The van der Waals surface area contributed by atoms with Crippen molar-refractivity contribution in [3.8, 4) is 11.1 Å². The molecule has 0 aliphatic carbocycles. The summed E-state index contributed by atoms with van der Waals surface area (Å²) in [4.78, 5) is 56.5. The number of likely N-dealkylation sites (tertiary alicyclic amines) is 1. The first kappa shape index (κ1) is 29.3. The Kier molecular flexibility index (Phi) is 8.52. The van der Waals surface area contributed by atoms with Gasteiger partial charge in [0.25, 0.3) is 5.56 Å². The number of rotatable bonds is 5. The van der Waals surface area contributed by atoms with Crippen LogP contribution in [0, 0.1) is 5.82 Å². The van der Waals surface area contributed by atoms with Gasteiger partial charge in [-0.3, -0.25) is 23.5 Å². The molecule has 0 N–H and O–H groups in total. The van der Waals surface area contributed by atoms with E-state index in [0.29, 0.717) is 38.9 Å². The van der Waals surface area contributed by atoms with Crippen molar-refractivity contribution in [1.29, 1.82) is 0 Å². The summed E-state index contributed by atoms with van der Waals surface area (Å²) in [5.41, 5.74) is 1.21. The lowest BCUT2D eigenvalue weighted by atomic mass is 10.0. The zero-order chi connectivity index (χ0) is 29.4. The number of benzene rings is 2. The van der Waals surface area contributed by atoms with E-state index in [0.717, 1.165) is 21.0 Å². The van der Waals surface area contributed by atoms with E-state index in [9.17, 15) is 23.6 Å². The summed E-state index contributed by atoms with van der Waals surface area (Å²) in [6.07, 6.45) is 3.73. The van der Waals surface area contributed by atoms with Crippen LogP contribution in [0.5, 0.6) is 0 Å². The molecule has 8 nitrogen and oxygen atoms in total. The van der Waals surface area contributed by atoms with Gasteiger partial charge in [0.2, 0.25) is 11.8 Å². The van der Waals surface area contributed by atoms with E-state index in [1.807, 2.05) is 17.0 Å². The molecule has 2 aliphatic rings. The molecule has 11 heteroatoms. The Morgan fingerprint density at radius 1 is 1.05 bits per heavy atom. The lowest BCUT2D eigenvalue weighted by Gasteiger charge is -2.38. The number of hydrogen-bond acceptors (Lipinski definition) is 4. The minimum atomic E-state index is -0.684. The van der Waals surface area contributed by atoms with Gasteiger partial charge in [0, 0.05) is 48.0 Å². The maximum atomic E-state index is 14.2. The van der Waals surface area contributed by atoms with Gasteiger partial charge in [-0.25, -0.2) is 9.18 Å². The van der Waals surface area contributed by atoms with Crippen LogP contribution in [0.15, 0.2) is 56.7 Å². The van der Waals surface area contributed by atoms with Crippen LogP contribution in [-0.2, 0) is 29.0 Å². The Bertz CT molecular complexity index is 1630. The minimum Gasteiger partial charge on any atom is -0.341 e. The van der Waals surface area contributed by atoms with Crippen LogP contribution in [0.25, 0.3) is 11.1 Å². The van der Waals surface area contributed by atoms with E-state index in [-0.39, 0.29) is 40.6 Å². The summed E-state index contributed by atoms with van der Waals surface area (Å²) in [6.45, 7) is 4.65. The zero-order valence-corrected chi connectivity index (χ0v) is 25.3. The molecule has 0 atom stereocenters. The van der Waals surface area contributed by atoms with Crippen LogP contribution in [0.4, 0.5) is 4.39 Å². The third-order valence-electron chi connectivity index (χ3n) is 7.96. The summed E-state index contributed by atoms with van der Waals surface area (Å²) in [5, 5.41) is -0.225. The Hall–Kier alpha value is -3.24. The van der Waals surface area contributed by atoms with Crippen LogP contribution in [0.3, 0.4) is 0 Å². The van der Waals surface area contributed by atoms with Gasteiger partial charge in [0.1, 0.15) is 12.4 Å². The normalized spacial score (nSPS) is 16.2. The molecule has 41 heavy (non-hydrogen) atoms. The van der Waals surface area contributed by atoms with E-state index in [4.69, 9.17) is 11.6 Å². The van der Waals surface area contributed by atoms with E-state index in [1.165, 1.54) is 34.5 Å². The molecule has 2 amide bonds. The predicted octanol–water partition coefficient (Wildman–Crippen LogP) is 4.43. The summed E-state index contributed by atoms with van der Waals surface area (Å²) in [5.74, 6) is -0.854. The van der Waals surface area contributed by atoms with Crippen molar-refractivity contribution >= 4 is 39.3 Å². The van der Waals surface area contributed by atoms with Gasteiger partial charge in [0.15, 0.2) is 0 Å². The monoisotopic (exact) mass is 644 g/mol. The first-order chi connectivity index (χ1) is 19.5. The van der Waals surface area contributed by atoms with Crippen molar-refractivity contribution in [3.63, 3.8) is 0 Å². The quantitative estimate of drug-likeness (QED) is 0.411. The predicted molar refractivity (Wildman–Crippen MR) is 159 cm³/mol. The highest BCUT2D eigenvalue weighted by molar-refractivity contribution is 9.10. The topological polar surface area (TPSA) is 84.6 Å². The average Bonchev–Trinajstić information content (AvgIpc) is 3.09. The molecule has 0 spiro atoms. The third-order valence-corrected chi connectivity index (χ3v) is 8.84.